The van der Waals surface area contributed by atoms with Gasteiger partial charge in [-0.05, 0) is 88.7 Å². The Morgan fingerprint density at radius 2 is 1.72 bits per heavy atom. The first-order chi connectivity index (χ1) is 17.2. The van der Waals surface area contributed by atoms with Gasteiger partial charge in [-0.25, -0.2) is 9.37 Å². The average Bonchev–Trinajstić information content (AvgIpc) is 2.87. The van der Waals surface area contributed by atoms with E-state index < -0.39 is 17.6 Å². The van der Waals surface area contributed by atoms with Crippen molar-refractivity contribution in [2.75, 3.05) is 32.8 Å². The predicted octanol–water partition coefficient (Wildman–Crippen LogP) is 4.07. The van der Waals surface area contributed by atoms with Gasteiger partial charge in [-0.2, -0.15) is 0 Å². The van der Waals surface area contributed by atoms with E-state index in [-0.39, 0.29) is 5.91 Å². The van der Waals surface area contributed by atoms with Crippen LogP contribution < -0.4 is 10.5 Å². The molecule has 36 heavy (non-hydrogen) atoms. The van der Waals surface area contributed by atoms with Gasteiger partial charge in [0.15, 0.2) is 0 Å². The van der Waals surface area contributed by atoms with Gasteiger partial charge in [0, 0.05) is 36.5 Å². The molecule has 1 atom stereocenters. The average molecular weight is 497 g/mol. The molecule has 2 N–H and O–H groups in total. The number of likely N-dealkylation sites (tertiary alicyclic amines) is 2. The number of amides is 2. The number of primary amides is 1. The molecule has 2 aliphatic rings. The zero-order valence-corrected chi connectivity index (χ0v) is 21.3. The van der Waals surface area contributed by atoms with E-state index in [1.165, 1.54) is 0 Å². The van der Waals surface area contributed by atoms with E-state index >= 15 is 0 Å². The summed E-state index contributed by atoms with van der Waals surface area (Å²) < 4.78 is 19.8. The number of nitrogens with two attached hydrogens (primary N) is 1. The Balaban J connectivity index is 1.29. The molecule has 1 unspecified atom stereocenters. The molecule has 3 heterocycles. The second-order valence-electron chi connectivity index (χ2n) is 10.6. The Morgan fingerprint density at radius 1 is 1.03 bits per heavy atom. The fraction of sp³-hybridized carbons (Fsp3) is 0.536. The highest BCUT2D eigenvalue weighted by Gasteiger charge is 2.31. The summed E-state index contributed by atoms with van der Waals surface area (Å²) in [6.45, 7) is 6.68. The number of piperidine rings is 2. The van der Waals surface area contributed by atoms with E-state index in [9.17, 15) is 14.0 Å². The number of nitrogens with zero attached hydrogens (tertiary/aromatic N) is 3. The van der Waals surface area contributed by atoms with Crippen LogP contribution in [0.2, 0.25) is 0 Å². The Hall–Kier alpha value is -3.00. The number of aromatic nitrogens is 1. The molecule has 2 aliphatic heterocycles. The lowest BCUT2D eigenvalue weighted by Crippen LogP contribution is -2.50. The second-order valence-corrected chi connectivity index (χ2v) is 10.6. The first kappa shape index (κ1) is 26.1. The number of halogens is 1. The Kier molecular flexibility index (Phi) is 8.24. The minimum absolute atomic E-state index is 0.161. The number of ether oxygens (including phenoxy) is 1. The number of hydrogen-bond donors (Lipinski definition) is 1. The van der Waals surface area contributed by atoms with E-state index in [1.807, 2.05) is 24.3 Å². The normalized spacial score (nSPS) is 19.8. The zero-order valence-electron chi connectivity index (χ0n) is 21.3. The van der Waals surface area contributed by atoms with Crippen molar-refractivity contribution in [2.24, 2.45) is 11.7 Å². The largest absolute Gasteiger partial charge is 0.477 e. The van der Waals surface area contributed by atoms with Gasteiger partial charge in [-0.3, -0.25) is 9.59 Å². The first-order valence-corrected chi connectivity index (χ1v) is 12.9. The summed E-state index contributed by atoms with van der Waals surface area (Å²) in [6, 6.07) is 10.6. The van der Waals surface area contributed by atoms with E-state index in [0.29, 0.717) is 43.5 Å². The highest BCUT2D eigenvalue weighted by atomic mass is 19.1. The summed E-state index contributed by atoms with van der Waals surface area (Å²) in [5.74, 6) is 0.426. The molecule has 2 fully saturated rings. The van der Waals surface area contributed by atoms with Crippen LogP contribution in [0.3, 0.4) is 0 Å². The van der Waals surface area contributed by atoms with Crippen molar-refractivity contribution in [1.29, 1.82) is 0 Å². The predicted molar refractivity (Wildman–Crippen MR) is 137 cm³/mol. The third-order valence-electron chi connectivity index (χ3n) is 7.07. The first-order valence-electron chi connectivity index (χ1n) is 12.9. The minimum Gasteiger partial charge on any atom is -0.477 e. The molecule has 7 nitrogen and oxygen atoms in total. The van der Waals surface area contributed by atoms with Crippen molar-refractivity contribution in [2.45, 2.75) is 57.7 Å². The molecule has 0 radical (unpaired) electrons. The minimum atomic E-state index is -1.16. The van der Waals surface area contributed by atoms with Crippen LogP contribution in [-0.2, 0) is 4.79 Å². The van der Waals surface area contributed by atoms with Crippen LogP contribution in [0.1, 0.15) is 56.3 Å². The highest BCUT2D eigenvalue weighted by Crippen LogP contribution is 2.25. The third-order valence-corrected chi connectivity index (χ3v) is 7.07. The standard InChI is InChI=1S/C28H37FN4O3/c1-28(2,29)19-32-15-12-20(13-16-32)18-36-25-11-10-23(17-31-25)21-6-8-22(9-7-21)27(35)33-14-4-3-5-24(33)26(30)34/h6-11,17,20,24H,3-5,12-16,18-19H2,1-2H3,(H2,30,34). The molecule has 0 bridgehead atoms. The molecule has 1 aromatic heterocycles. The fourth-order valence-electron chi connectivity index (χ4n) is 5.12. The maximum absolute atomic E-state index is 13.9. The monoisotopic (exact) mass is 496 g/mol. The van der Waals surface area contributed by atoms with Crippen molar-refractivity contribution >= 4 is 11.8 Å². The molecule has 4 rings (SSSR count). The Morgan fingerprint density at radius 3 is 2.33 bits per heavy atom. The van der Waals surface area contributed by atoms with Gasteiger partial charge in [0.25, 0.3) is 5.91 Å². The van der Waals surface area contributed by atoms with E-state index in [1.54, 1.807) is 37.1 Å². The van der Waals surface area contributed by atoms with Gasteiger partial charge in [-0.1, -0.05) is 12.1 Å². The molecule has 8 heteroatoms. The second kappa shape index (κ2) is 11.4. The van der Waals surface area contributed by atoms with Crippen LogP contribution in [0.4, 0.5) is 4.39 Å². The third kappa shape index (κ3) is 6.81. The molecule has 0 saturated carbocycles. The lowest BCUT2D eigenvalue weighted by atomic mass is 9.97. The summed E-state index contributed by atoms with van der Waals surface area (Å²) in [5, 5.41) is 0. The van der Waals surface area contributed by atoms with Crippen molar-refractivity contribution in [3.8, 4) is 17.0 Å². The van der Waals surface area contributed by atoms with Gasteiger partial charge < -0.3 is 20.3 Å². The number of rotatable bonds is 8. The molecule has 2 amide bonds. The van der Waals surface area contributed by atoms with Crippen LogP contribution >= 0.6 is 0 Å². The summed E-state index contributed by atoms with van der Waals surface area (Å²) in [6.07, 6.45) is 6.17. The number of hydrogen-bond acceptors (Lipinski definition) is 5. The molecule has 194 valence electrons. The smallest absolute Gasteiger partial charge is 0.254 e. The lowest BCUT2D eigenvalue weighted by molar-refractivity contribution is -0.123. The van der Waals surface area contributed by atoms with Crippen molar-refractivity contribution in [3.05, 3.63) is 48.2 Å². The molecule has 1 aromatic carbocycles. The Labute approximate surface area is 212 Å². The van der Waals surface area contributed by atoms with Crippen molar-refractivity contribution in [1.82, 2.24) is 14.8 Å². The Bertz CT molecular complexity index is 1030. The van der Waals surface area contributed by atoms with E-state index in [0.717, 1.165) is 49.9 Å². The number of carbonyl (C=O) groups is 2. The van der Waals surface area contributed by atoms with Crippen LogP contribution in [0, 0.1) is 5.92 Å². The SMILES string of the molecule is CC(C)(F)CN1CCC(COc2ccc(-c3ccc(C(=O)N4CCCCC4C(N)=O)cc3)cn2)CC1. The number of pyridine rings is 1. The van der Waals surface area contributed by atoms with Crippen molar-refractivity contribution in [3.63, 3.8) is 0 Å². The summed E-state index contributed by atoms with van der Waals surface area (Å²) in [5.41, 5.74) is 6.76. The summed E-state index contributed by atoms with van der Waals surface area (Å²) in [4.78, 5) is 33.0. The number of alkyl halides is 1. The van der Waals surface area contributed by atoms with Gasteiger partial charge in [0.2, 0.25) is 11.8 Å². The number of benzene rings is 1. The maximum Gasteiger partial charge on any atom is 0.254 e. The molecule has 0 spiro atoms. The molecule has 0 aliphatic carbocycles. The van der Waals surface area contributed by atoms with Crippen LogP contribution in [0.15, 0.2) is 42.6 Å². The molecular formula is C28H37FN4O3. The maximum atomic E-state index is 13.9. The molecular weight excluding hydrogens is 459 g/mol. The zero-order chi connectivity index (χ0) is 25.7. The number of carbonyl (C=O) groups excluding carboxylic acids is 2. The van der Waals surface area contributed by atoms with Gasteiger partial charge in [-0.15, -0.1) is 0 Å². The van der Waals surface area contributed by atoms with Gasteiger partial charge in [0.05, 0.1) is 6.61 Å². The van der Waals surface area contributed by atoms with Crippen LogP contribution in [0.25, 0.3) is 11.1 Å². The van der Waals surface area contributed by atoms with Crippen LogP contribution in [-0.4, -0.2) is 71.1 Å². The summed E-state index contributed by atoms with van der Waals surface area (Å²) in [7, 11) is 0. The quantitative estimate of drug-likeness (QED) is 0.595. The molecule has 2 saturated heterocycles. The topological polar surface area (TPSA) is 88.8 Å². The van der Waals surface area contributed by atoms with Crippen molar-refractivity contribution < 1.29 is 18.7 Å². The van der Waals surface area contributed by atoms with E-state index in [2.05, 4.69) is 9.88 Å². The van der Waals surface area contributed by atoms with Crippen LogP contribution in [0.5, 0.6) is 5.88 Å². The van der Waals surface area contributed by atoms with Gasteiger partial charge >= 0.3 is 0 Å². The van der Waals surface area contributed by atoms with Gasteiger partial charge in [0.1, 0.15) is 11.7 Å². The molecule has 2 aromatic rings. The lowest BCUT2D eigenvalue weighted by Gasteiger charge is -2.34. The van der Waals surface area contributed by atoms with E-state index in [4.69, 9.17) is 10.5 Å². The highest BCUT2D eigenvalue weighted by molar-refractivity contribution is 5.97. The summed E-state index contributed by atoms with van der Waals surface area (Å²) >= 11 is 0. The fourth-order valence-corrected chi connectivity index (χ4v) is 5.12.